The molecule has 0 saturated carbocycles. The van der Waals surface area contributed by atoms with E-state index in [4.69, 9.17) is 16.7 Å². The lowest BCUT2D eigenvalue weighted by Crippen LogP contribution is -2.44. The fourth-order valence-corrected chi connectivity index (χ4v) is 1.82. The van der Waals surface area contributed by atoms with Crippen LogP contribution in [0.4, 0.5) is 0 Å². The van der Waals surface area contributed by atoms with Crippen molar-refractivity contribution in [2.24, 2.45) is 5.41 Å². The first kappa shape index (κ1) is 15.0. The third-order valence-electron chi connectivity index (χ3n) is 2.87. The number of benzene rings is 1. The molecule has 0 aliphatic carbocycles. The van der Waals surface area contributed by atoms with Crippen LogP contribution in [0.2, 0.25) is 5.02 Å². The van der Waals surface area contributed by atoms with E-state index in [-0.39, 0.29) is 24.0 Å². The third kappa shape index (κ3) is 4.31. The number of carbonyl (C=O) groups is 1. The average Bonchev–Trinajstić information content (AvgIpc) is 2.28. The van der Waals surface area contributed by atoms with Crippen molar-refractivity contribution in [1.82, 2.24) is 5.32 Å². The van der Waals surface area contributed by atoms with Gasteiger partial charge in [0, 0.05) is 23.2 Å². The monoisotopic (exact) mass is 269 g/mol. The summed E-state index contributed by atoms with van der Waals surface area (Å²) in [5.74, 6) is -0.139. The van der Waals surface area contributed by atoms with Crippen LogP contribution in [0.15, 0.2) is 24.3 Å². The van der Waals surface area contributed by atoms with E-state index in [0.29, 0.717) is 17.0 Å². The number of aliphatic hydroxyl groups excluding tert-OH is 1. The number of hydrogen-bond donors (Lipinski definition) is 2. The summed E-state index contributed by atoms with van der Waals surface area (Å²) in [6.45, 7) is 6.17. The van der Waals surface area contributed by atoms with Gasteiger partial charge in [0.05, 0.1) is 0 Å². The second kappa shape index (κ2) is 6.21. The Morgan fingerprint density at radius 2 is 1.89 bits per heavy atom. The third-order valence-corrected chi connectivity index (χ3v) is 3.13. The molecule has 0 fully saturated rings. The zero-order chi connectivity index (χ0) is 13.8. The number of aliphatic hydroxyl groups is 1. The Labute approximate surface area is 113 Å². The Balaban J connectivity index is 2.75. The minimum atomic E-state index is -0.139. The fraction of sp³-hybridized carbons (Fsp3) is 0.500. The molecule has 18 heavy (non-hydrogen) atoms. The van der Waals surface area contributed by atoms with Gasteiger partial charge in [-0.3, -0.25) is 4.79 Å². The second-order valence-electron chi connectivity index (χ2n) is 5.41. The number of rotatable bonds is 4. The maximum atomic E-state index is 12.1. The largest absolute Gasteiger partial charge is 0.396 e. The van der Waals surface area contributed by atoms with Crippen LogP contribution >= 0.6 is 11.6 Å². The Morgan fingerprint density at radius 3 is 2.33 bits per heavy atom. The van der Waals surface area contributed by atoms with Gasteiger partial charge in [0.1, 0.15) is 0 Å². The van der Waals surface area contributed by atoms with Gasteiger partial charge in [-0.05, 0) is 36.1 Å². The predicted molar refractivity (Wildman–Crippen MR) is 73.9 cm³/mol. The molecule has 0 aliphatic rings. The molecule has 1 aromatic carbocycles. The highest BCUT2D eigenvalue weighted by molar-refractivity contribution is 6.30. The molecule has 0 radical (unpaired) electrons. The number of amides is 1. The van der Waals surface area contributed by atoms with Crippen LogP contribution in [0.5, 0.6) is 0 Å². The maximum Gasteiger partial charge on any atom is 0.251 e. The first-order valence-electron chi connectivity index (χ1n) is 6.02. The zero-order valence-corrected chi connectivity index (χ0v) is 11.8. The highest BCUT2D eigenvalue weighted by Crippen LogP contribution is 2.22. The van der Waals surface area contributed by atoms with Crippen molar-refractivity contribution in [2.45, 2.75) is 33.2 Å². The minimum absolute atomic E-state index is 0.0584. The summed E-state index contributed by atoms with van der Waals surface area (Å²) in [5, 5.41) is 12.6. The topological polar surface area (TPSA) is 49.3 Å². The van der Waals surface area contributed by atoms with E-state index in [0.717, 1.165) is 0 Å². The molecular formula is C14H20ClNO2. The normalized spacial score (nSPS) is 13.2. The van der Waals surface area contributed by atoms with E-state index >= 15 is 0 Å². The summed E-state index contributed by atoms with van der Waals surface area (Å²) in [7, 11) is 0. The van der Waals surface area contributed by atoms with Crippen LogP contribution in [0.3, 0.4) is 0 Å². The Morgan fingerprint density at radius 1 is 1.33 bits per heavy atom. The van der Waals surface area contributed by atoms with Gasteiger partial charge in [0.2, 0.25) is 0 Å². The van der Waals surface area contributed by atoms with Crippen LogP contribution < -0.4 is 5.32 Å². The molecular weight excluding hydrogens is 250 g/mol. The van der Waals surface area contributed by atoms with Crippen molar-refractivity contribution in [1.29, 1.82) is 0 Å². The Hall–Kier alpha value is -1.06. The molecule has 4 heteroatoms. The molecule has 0 spiro atoms. The van der Waals surface area contributed by atoms with E-state index in [1.54, 1.807) is 24.3 Å². The van der Waals surface area contributed by atoms with Crippen molar-refractivity contribution >= 4 is 17.5 Å². The average molecular weight is 270 g/mol. The Bertz CT molecular complexity index is 395. The zero-order valence-electron chi connectivity index (χ0n) is 11.0. The summed E-state index contributed by atoms with van der Waals surface area (Å²) in [6.07, 6.45) is 0.544. The minimum Gasteiger partial charge on any atom is -0.396 e. The number of hydrogen-bond acceptors (Lipinski definition) is 2. The molecule has 1 amide bonds. The predicted octanol–water partition coefficient (Wildman–Crippen LogP) is 2.87. The van der Waals surface area contributed by atoms with Gasteiger partial charge in [0.15, 0.2) is 0 Å². The number of halogens is 1. The number of carbonyl (C=O) groups excluding carboxylic acids is 1. The molecule has 0 saturated heterocycles. The van der Waals surface area contributed by atoms with Gasteiger partial charge in [-0.15, -0.1) is 0 Å². The molecule has 3 nitrogen and oxygen atoms in total. The van der Waals surface area contributed by atoms with Gasteiger partial charge in [0.25, 0.3) is 5.91 Å². The molecule has 100 valence electrons. The molecule has 1 unspecified atom stereocenters. The molecule has 0 bridgehead atoms. The van der Waals surface area contributed by atoms with Crippen LogP contribution in [-0.2, 0) is 0 Å². The summed E-state index contributed by atoms with van der Waals surface area (Å²) in [6, 6.07) is 6.70. The lowest BCUT2D eigenvalue weighted by molar-refractivity contribution is 0.0885. The molecule has 2 N–H and O–H groups in total. The van der Waals surface area contributed by atoms with Crippen LogP contribution in [0, 0.1) is 5.41 Å². The molecule has 0 aliphatic heterocycles. The molecule has 0 aromatic heterocycles. The van der Waals surface area contributed by atoms with Crippen molar-refractivity contribution in [3.8, 4) is 0 Å². The van der Waals surface area contributed by atoms with Gasteiger partial charge >= 0.3 is 0 Å². The first-order valence-corrected chi connectivity index (χ1v) is 6.39. The van der Waals surface area contributed by atoms with E-state index in [2.05, 4.69) is 5.32 Å². The highest BCUT2D eigenvalue weighted by atomic mass is 35.5. The lowest BCUT2D eigenvalue weighted by atomic mass is 9.85. The van der Waals surface area contributed by atoms with Crippen LogP contribution in [0.1, 0.15) is 37.6 Å². The van der Waals surface area contributed by atoms with Crippen molar-refractivity contribution in [3.05, 3.63) is 34.9 Å². The summed E-state index contributed by atoms with van der Waals surface area (Å²) in [4.78, 5) is 12.1. The van der Waals surface area contributed by atoms with Crippen LogP contribution in [-0.4, -0.2) is 23.7 Å². The summed E-state index contributed by atoms with van der Waals surface area (Å²) < 4.78 is 0. The Kier molecular flexibility index (Phi) is 5.17. The van der Waals surface area contributed by atoms with E-state index < -0.39 is 0 Å². The molecule has 1 rings (SSSR count). The van der Waals surface area contributed by atoms with Crippen molar-refractivity contribution in [3.63, 3.8) is 0 Å². The molecule has 1 aromatic rings. The maximum absolute atomic E-state index is 12.1. The van der Waals surface area contributed by atoms with Crippen molar-refractivity contribution < 1.29 is 9.90 Å². The lowest BCUT2D eigenvalue weighted by Gasteiger charge is -2.31. The van der Waals surface area contributed by atoms with E-state index in [9.17, 15) is 4.79 Å². The SMILES string of the molecule is CC(C)(C)C(CCO)NC(=O)c1ccc(Cl)cc1. The van der Waals surface area contributed by atoms with Gasteiger partial charge in [-0.1, -0.05) is 32.4 Å². The van der Waals surface area contributed by atoms with Crippen molar-refractivity contribution in [2.75, 3.05) is 6.61 Å². The summed E-state index contributed by atoms with van der Waals surface area (Å²) >= 11 is 5.78. The standard InChI is InChI=1S/C14H20ClNO2/c1-14(2,3)12(8-9-17)16-13(18)10-4-6-11(15)7-5-10/h4-7,12,17H,8-9H2,1-3H3,(H,16,18). The quantitative estimate of drug-likeness (QED) is 0.883. The fourth-order valence-electron chi connectivity index (χ4n) is 1.69. The molecule has 1 atom stereocenters. The van der Waals surface area contributed by atoms with Crippen LogP contribution in [0.25, 0.3) is 0 Å². The van der Waals surface area contributed by atoms with E-state index in [1.165, 1.54) is 0 Å². The van der Waals surface area contributed by atoms with Gasteiger partial charge in [-0.2, -0.15) is 0 Å². The summed E-state index contributed by atoms with van der Waals surface area (Å²) in [5.41, 5.74) is 0.483. The second-order valence-corrected chi connectivity index (χ2v) is 5.85. The molecule has 0 heterocycles. The smallest absolute Gasteiger partial charge is 0.251 e. The highest BCUT2D eigenvalue weighted by Gasteiger charge is 2.25. The first-order chi connectivity index (χ1) is 8.34. The number of nitrogens with one attached hydrogen (secondary N) is 1. The van der Waals surface area contributed by atoms with Gasteiger partial charge < -0.3 is 10.4 Å². The van der Waals surface area contributed by atoms with Gasteiger partial charge in [-0.25, -0.2) is 0 Å². The van der Waals surface area contributed by atoms with E-state index in [1.807, 2.05) is 20.8 Å².